The first-order chi connectivity index (χ1) is 8.36. The zero-order valence-electron chi connectivity index (χ0n) is 9.65. The van der Waals surface area contributed by atoms with Gasteiger partial charge in [-0.15, -0.1) is 11.3 Å². The standard InChI is InChI=1S/C10H10F3N3S2/c1-6-5-17-8(15-6)4-16(2)9-14-3-7(18-9)10(11,12)13/h3,5H,4H2,1-2H3. The Bertz CT molecular complexity index is 532. The normalized spacial score (nSPS) is 11.8. The molecule has 0 amide bonds. The molecule has 8 heteroatoms. The van der Waals surface area contributed by atoms with E-state index in [2.05, 4.69) is 9.97 Å². The van der Waals surface area contributed by atoms with Crippen LogP contribution in [0.3, 0.4) is 0 Å². The molecule has 0 fully saturated rings. The van der Waals surface area contributed by atoms with Gasteiger partial charge in [-0.3, -0.25) is 0 Å². The molecule has 18 heavy (non-hydrogen) atoms. The van der Waals surface area contributed by atoms with Crippen molar-refractivity contribution in [3.63, 3.8) is 0 Å². The van der Waals surface area contributed by atoms with Gasteiger partial charge in [0.15, 0.2) is 5.13 Å². The van der Waals surface area contributed by atoms with Crippen LogP contribution < -0.4 is 4.90 Å². The van der Waals surface area contributed by atoms with Gasteiger partial charge in [-0.1, -0.05) is 11.3 Å². The number of anilines is 1. The van der Waals surface area contributed by atoms with E-state index in [-0.39, 0.29) is 0 Å². The number of hydrogen-bond donors (Lipinski definition) is 0. The maximum Gasteiger partial charge on any atom is 0.427 e. The maximum atomic E-state index is 12.4. The number of rotatable bonds is 3. The van der Waals surface area contributed by atoms with Crippen molar-refractivity contribution in [2.45, 2.75) is 19.6 Å². The van der Waals surface area contributed by atoms with E-state index in [0.29, 0.717) is 23.0 Å². The van der Waals surface area contributed by atoms with Crippen LogP contribution in [0.1, 0.15) is 15.6 Å². The minimum Gasteiger partial charge on any atom is -0.344 e. The minimum atomic E-state index is -4.32. The Kier molecular flexibility index (Phi) is 3.58. The number of alkyl halides is 3. The van der Waals surface area contributed by atoms with Gasteiger partial charge in [-0.2, -0.15) is 13.2 Å². The number of hydrogen-bond acceptors (Lipinski definition) is 5. The van der Waals surface area contributed by atoms with E-state index in [4.69, 9.17) is 0 Å². The van der Waals surface area contributed by atoms with Gasteiger partial charge in [0.05, 0.1) is 12.7 Å². The largest absolute Gasteiger partial charge is 0.427 e. The third kappa shape index (κ3) is 2.99. The summed E-state index contributed by atoms with van der Waals surface area (Å²) in [5, 5.41) is 3.11. The number of aryl methyl sites for hydroxylation is 1. The molecule has 0 radical (unpaired) electrons. The minimum absolute atomic E-state index is 0.343. The van der Waals surface area contributed by atoms with Gasteiger partial charge in [-0.25, -0.2) is 9.97 Å². The van der Waals surface area contributed by atoms with Gasteiger partial charge < -0.3 is 4.90 Å². The fourth-order valence-corrected chi connectivity index (χ4v) is 2.89. The predicted molar refractivity (Wildman–Crippen MR) is 66.1 cm³/mol. The van der Waals surface area contributed by atoms with Crippen LogP contribution in [0, 0.1) is 6.92 Å². The summed E-state index contributed by atoms with van der Waals surface area (Å²) in [6.45, 7) is 2.34. The first-order valence-corrected chi connectivity index (χ1v) is 6.71. The van der Waals surface area contributed by atoms with Crippen molar-refractivity contribution >= 4 is 27.8 Å². The molecule has 0 saturated carbocycles. The SMILES string of the molecule is Cc1csc(CN(C)c2ncc(C(F)(F)F)s2)n1. The molecule has 0 aliphatic heterocycles. The average molecular weight is 293 g/mol. The van der Waals surface area contributed by atoms with Crippen molar-refractivity contribution in [3.8, 4) is 0 Å². The molecule has 0 saturated heterocycles. The highest BCUT2D eigenvalue weighted by molar-refractivity contribution is 7.15. The third-order valence-corrected chi connectivity index (χ3v) is 4.25. The summed E-state index contributed by atoms with van der Waals surface area (Å²) in [6, 6.07) is 0. The van der Waals surface area contributed by atoms with Gasteiger partial charge in [-0.05, 0) is 6.92 Å². The third-order valence-electron chi connectivity index (χ3n) is 2.14. The summed E-state index contributed by atoms with van der Waals surface area (Å²) < 4.78 is 37.3. The lowest BCUT2D eigenvalue weighted by molar-refractivity contribution is -0.134. The zero-order valence-corrected chi connectivity index (χ0v) is 11.3. The van der Waals surface area contributed by atoms with Gasteiger partial charge in [0.1, 0.15) is 9.88 Å². The molecule has 0 spiro atoms. The first-order valence-electron chi connectivity index (χ1n) is 5.01. The van der Waals surface area contributed by atoms with E-state index in [1.54, 1.807) is 11.9 Å². The lowest BCUT2D eigenvalue weighted by Crippen LogP contribution is -2.15. The van der Waals surface area contributed by atoms with Crippen LogP contribution in [0.15, 0.2) is 11.6 Å². The van der Waals surface area contributed by atoms with Crippen LogP contribution in [-0.4, -0.2) is 17.0 Å². The van der Waals surface area contributed by atoms with Crippen molar-refractivity contribution in [1.29, 1.82) is 0 Å². The number of thiazole rings is 2. The van der Waals surface area contributed by atoms with Crippen molar-refractivity contribution < 1.29 is 13.2 Å². The Labute approximate surface area is 110 Å². The van der Waals surface area contributed by atoms with Gasteiger partial charge >= 0.3 is 6.18 Å². The molecule has 2 aromatic heterocycles. The Morgan fingerprint density at radius 1 is 1.39 bits per heavy atom. The summed E-state index contributed by atoms with van der Waals surface area (Å²) in [6.07, 6.45) is -3.46. The van der Waals surface area contributed by atoms with Crippen LogP contribution >= 0.6 is 22.7 Å². The van der Waals surface area contributed by atoms with E-state index in [1.165, 1.54) is 11.3 Å². The van der Waals surface area contributed by atoms with Crippen molar-refractivity contribution in [2.75, 3.05) is 11.9 Å². The molecule has 2 aromatic rings. The molecule has 0 bridgehead atoms. The second kappa shape index (κ2) is 4.85. The lowest BCUT2D eigenvalue weighted by atomic mass is 10.5. The van der Waals surface area contributed by atoms with Crippen molar-refractivity contribution in [3.05, 3.63) is 27.2 Å². The molecule has 2 heterocycles. The molecule has 0 aliphatic rings. The smallest absolute Gasteiger partial charge is 0.344 e. The molecule has 0 aliphatic carbocycles. The Morgan fingerprint density at radius 3 is 2.61 bits per heavy atom. The van der Waals surface area contributed by atoms with Crippen molar-refractivity contribution in [2.24, 2.45) is 0 Å². The summed E-state index contributed by atoms with van der Waals surface area (Å²) in [5.41, 5.74) is 0.915. The monoisotopic (exact) mass is 293 g/mol. The lowest BCUT2D eigenvalue weighted by Gasteiger charge is -2.13. The Morgan fingerprint density at radius 2 is 2.11 bits per heavy atom. The predicted octanol–water partition coefficient (Wildman–Crippen LogP) is 3.56. The summed E-state index contributed by atoms with van der Waals surface area (Å²) >= 11 is 2.13. The molecular weight excluding hydrogens is 283 g/mol. The van der Waals surface area contributed by atoms with Crippen LogP contribution in [0.2, 0.25) is 0 Å². The van der Waals surface area contributed by atoms with E-state index in [9.17, 15) is 13.2 Å². The quantitative estimate of drug-likeness (QED) is 0.866. The molecule has 0 aromatic carbocycles. The highest BCUT2D eigenvalue weighted by Gasteiger charge is 2.33. The topological polar surface area (TPSA) is 29.0 Å². The molecule has 3 nitrogen and oxygen atoms in total. The first kappa shape index (κ1) is 13.3. The zero-order chi connectivity index (χ0) is 13.3. The highest BCUT2D eigenvalue weighted by atomic mass is 32.1. The maximum absolute atomic E-state index is 12.4. The van der Waals surface area contributed by atoms with Crippen LogP contribution in [0.25, 0.3) is 0 Å². The molecule has 0 N–H and O–H groups in total. The molecular formula is C10H10F3N3S2. The van der Waals surface area contributed by atoms with Crippen LogP contribution in [0.4, 0.5) is 18.3 Å². The van der Waals surface area contributed by atoms with E-state index in [1.807, 2.05) is 12.3 Å². The number of aromatic nitrogens is 2. The van der Waals surface area contributed by atoms with Gasteiger partial charge in [0.25, 0.3) is 0 Å². The average Bonchev–Trinajstić information content (AvgIpc) is 2.85. The number of halogens is 3. The Balaban J connectivity index is 2.09. The van der Waals surface area contributed by atoms with Crippen LogP contribution in [0.5, 0.6) is 0 Å². The van der Waals surface area contributed by atoms with Gasteiger partial charge in [0.2, 0.25) is 0 Å². The second-order valence-electron chi connectivity index (χ2n) is 3.74. The molecule has 0 atom stereocenters. The fourth-order valence-electron chi connectivity index (χ4n) is 1.32. The molecule has 0 unspecified atom stereocenters. The molecule has 2 rings (SSSR count). The van der Waals surface area contributed by atoms with E-state index < -0.39 is 11.1 Å². The van der Waals surface area contributed by atoms with E-state index >= 15 is 0 Å². The van der Waals surface area contributed by atoms with Gasteiger partial charge in [0, 0.05) is 18.1 Å². The summed E-state index contributed by atoms with van der Waals surface area (Å²) in [4.78, 5) is 9.03. The highest BCUT2D eigenvalue weighted by Crippen LogP contribution is 2.36. The fraction of sp³-hybridized carbons (Fsp3) is 0.400. The second-order valence-corrected chi connectivity index (χ2v) is 5.70. The Hall–Kier alpha value is -1.15. The van der Waals surface area contributed by atoms with Crippen molar-refractivity contribution in [1.82, 2.24) is 9.97 Å². The summed E-state index contributed by atoms with van der Waals surface area (Å²) in [7, 11) is 1.70. The number of nitrogens with zero attached hydrogens (tertiary/aromatic N) is 3. The summed E-state index contributed by atoms with van der Waals surface area (Å²) in [5.74, 6) is 0. The van der Waals surface area contributed by atoms with Crippen LogP contribution in [-0.2, 0) is 12.7 Å². The molecule has 98 valence electrons. The van der Waals surface area contributed by atoms with E-state index in [0.717, 1.165) is 16.9 Å².